The molecule has 90 valence electrons. The lowest BCUT2D eigenvalue weighted by molar-refractivity contribution is -0.128. The third-order valence-electron chi connectivity index (χ3n) is 2.93. The van der Waals surface area contributed by atoms with Gasteiger partial charge in [0.05, 0.1) is 6.10 Å². The maximum Gasteiger partial charge on any atom is 0.246 e. The van der Waals surface area contributed by atoms with Crippen LogP contribution in [0.25, 0.3) is 6.08 Å². The fourth-order valence-corrected chi connectivity index (χ4v) is 1.99. The van der Waals surface area contributed by atoms with Crippen molar-refractivity contribution in [3.8, 4) is 0 Å². The van der Waals surface area contributed by atoms with Gasteiger partial charge in [0, 0.05) is 19.2 Å². The number of likely N-dealkylation sites (tertiary alicyclic amines) is 1. The van der Waals surface area contributed by atoms with Crippen molar-refractivity contribution in [1.82, 2.24) is 4.90 Å². The number of piperidine rings is 1. The van der Waals surface area contributed by atoms with Crippen LogP contribution in [0.15, 0.2) is 36.4 Å². The van der Waals surface area contributed by atoms with Gasteiger partial charge in [0.2, 0.25) is 5.91 Å². The molecule has 0 aliphatic carbocycles. The van der Waals surface area contributed by atoms with E-state index in [2.05, 4.69) is 0 Å². The lowest BCUT2D eigenvalue weighted by Crippen LogP contribution is -2.41. The number of nitrogens with zero attached hydrogens (tertiary/aromatic N) is 1. The molecule has 1 unspecified atom stereocenters. The van der Waals surface area contributed by atoms with Crippen LogP contribution in [0.2, 0.25) is 0 Å². The molecule has 0 saturated carbocycles. The number of β-amino-alcohol motifs (C(OH)–C–C–N with tert-alkyl or cyclic N) is 1. The first-order chi connectivity index (χ1) is 8.25. The number of rotatable bonds is 2. The molecule has 1 aromatic rings. The standard InChI is InChI=1S/C14H17NO2/c16-13-7-4-10-15(11-13)14(17)9-8-12-5-2-1-3-6-12/h1-3,5-6,8-9,13,16H,4,7,10-11H2/b9-8+. The van der Waals surface area contributed by atoms with Crippen molar-refractivity contribution in [2.75, 3.05) is 13.1 Å². The predicted molar refractivity (Wildman–Crippen MR) is 67.3 cm³/mol. The fourth-order valence-electron chi connectivity index (χ4n) is 1.99. The zero-order chi connectivity index (χ0) is 12.1. The Morgan fingerprint density at radius 1 is 1.35 bits per heavy atom. The van der Waals surface area contributed by atoms with E-state index in [1.54, 1.807) is 11.0 Å². The van der Waals surface area contributed by atoms with Crippen molar-refractivity contribution >= 4 is 12.0 Å². The minimum Gasteiger partial charge on any atom is -0.391 e. The Morgan fingerprint density at radius 3 is 2.82 bits per heavy atom. The number of carbonyl (C=O) groups excluding carboxylic acids is 1. The third kappa shape index (κ3) is 3.43. The van der Waals surface area contributed by atoms with Gasteiger partial charge in [-0.1, -0.05) is 30.3 Å². The first-order valence-corrected chi connectivity index (χ1v) is 5.96. The van der Waals surface area contributed by atoms with Gasteiger partial charge in [-0.2, -0.15) is 0 Å². The van der Waals surface area contributed by atoms with Crippen molar-refractivity contribution in [3.63, 3.8) is 0 Å². The van der Waals surface area contributed by atoms with Crippen LogP contribution in [-0.2, 0) is 4.79 Å². The van der Waals surface area contributed by atoms with Gasteiger partial charge < -0.3 is 10.0 Å². The molecule has 1 atom stereocenters. The van der Waals surface area contributed by atoms with Gasteiger partial charge in [0.15, 0.2) is 0 Å². The van der Waals surface area contributed by atoms with Gasteiger partial charge in [-0.15, -0.1) is 0 Å². The van der Waals surface area contributed by atoms with E-state index in [4.69, 9.17) is 0 Å². The summed E-state index contributed by atoms with van der Waals surface area (Å²) in [4.78, 5) is 13.5. The molecule has 0 spiro atoms. The number of carbonyl (C=O) groups is 1. The quantitative estimate of drug-likeness (QED) is 0.787. The zero-order valence-electron chi connectivity index (χ0n) is 9.75. The van der Waals surface area contributed by atoms with Gasteiger partial charge in [0.1, 0.15) is 0 Å². The van der Waals surface area contributed by atoms with Crippen molar-refractivity contribution < 1.29 is 9.90 Å². The van der Waals surface area contributed by atoms with E-state index in [0.717, 1.165) is 24.9 Å². The lowest BCUT2D eigenvalue weighted by atomic mass is 10.1. The number of hydrogen-bond donors (Lipinski definition) is 1. The molecular formula is C14H17NO2. The Bertz CT molecular complexity index is 400. The van der Waals surface area contributed by atoms with Gasteiger partial charge in [-0.3, -0.25) is 4.79 Å². The molecule has 17 heavy (non-hydrogen) atoms. The minimum absolute atomic E-state index is 0.0207. The highest BCUT2D eigenvalue weighted by Crippen LogP contribution is 2.10. The molecule has 1 heterocycles. The third-order valence-corrected chi connectivity index (χ3v) is 2.93. The summed E-state index contributed by atoms with van der Waals surface area (Å²) in [5, 5.41) is 9.50. The van der Waals surface area contributed by atoms with Gasteiger partial charge >= 0.3 is 0 Å². The van der Waals surface area contributed by atoms with E-state index < -0.39 is 0 Å². The van der Waals surface area contributed by atoms with Crippen molar-refractivity contribution in [2.24, 2.45) is 0 Å². The number of aliphatic hydroxyl groups is 1. The number of hydrogen-bond acceptors (Lipinski definition) is 2. The molecule has 1 aliphatic rings. The molecule has 2 rings (SSSR count). The molecule has 0 bridgehead atoms. The van der Waals surface area contributed by atoms with E-state index in [1.165, 1.54) is 0 Å². The average Bonchev–Trinajstić information content (AvgIpc) is 2.37. The van der Waals surface area contributed by atoms with Crippen LogP contribution in [0, 0.1) is 0 Å². The van der Waals surface area contributed by atoms with E-state index in [-0.39, 0.29) is 12.0 Å². The Kier molecular flexibility index (Phi) is 3.94. The van der Waals surface area contributed by atoms with Crippen LogP contribution in [0.4, 0.5) is 0 Å². The molecule has 1 N–H and O–H groups in total. The number of amides is 1. The largest absolute Gasteiger partial charge is 0.391 e. The van der Waals surface area contributed by atoms with Gasteiger partial charge in [0.25, 0.3) is 0 Å². The van der Waals surface area contributed by atoms with Gasteiger partial charge in [-0.25, -0.2) is 0 Å². The summed E-state index contributed by atoms with van der Waals surface area (Å²) in [7, 11) is 0. The van der Waals surface area contributed by atoms with Crippen LogP contribution in [0.3, 0.4) is 0 Å². The molecule has 3 nitrogen and oxygen atoms in total. The molecule has 1 fully saturated rings. The van der Waals surface area contributed by atoms with Crippen molar-refractivity contribution in [3.05, 3.63) is 42.0 Å². The first kappa shape index (κ1) is 11.9. The maximum atomic E-state index is 11.8. The summed E-state index contributed by atoms with van der Waals surface area (Å²) < 4.78 is 0. The van der Waals surface area contributed by atoms with Crippen LogP contribution >= 0.6 is 0 Å². The Morgan fingerprint density at radius 2 is 2.12 bits per heavy atom. The van der Waals surface area contributed by atoms with Crippen LogP contribution in [0.5, 0.6) is 0 Å². The van der Waals surface area contributed by atoms with Gasteiger partial charge in [-0.05, 0) is 24.5 Å². The monoisotopic (exact) mass is 231 g/mol. The smallest absolute Gasteiger partial charge is 0.246 e. The van der Waals surface area contributed by atoms with Crippen LogP contribution < -0.4 is 0 Å². The first-order valence-electron chi connectivity index (χ1n) is 5.96. The molecule has 3 heteroatoms. The number of benzene rings is 1. The fraction of sp³-hybridized carbons (Fsp3) is 0.357. The average molecular weight is 231 g/mol. The second-order valence-electron chi connectivity index (χ2n) is 4.32. The molecular weight excluding hydrogens is 214 g/mol. The second kappa shape index (κ2) is 5.64. The number of aliphatic hydroxyl groups excluding tert-OH is 1. The zero-order valence-corrected chi connectivity index (χ0v) is 9.75. The highest BCUT2D eigenvalue weighted by atomic mass is 16.3. The summed E-state index contributed by atoms with van der Waals surface area (Å²) in [6, 6.07) is 9.73. The van der Waals surface area contributed by atoms with E-state index in [9.17, 15) is 9.90 Å². The summed E-state index contributed by atoms with van der Waals surface area (Å²) in [6.45, 7) is 1.20. The molecule has 1 aromatic carbocycles. The topological polar surface area (TPSA) is 40.5 Å². The summed E-state index contributed by atoms with van der Waals surface area (Å²) in [6.07, 6.45) is 4.70. The molecule has 0 aromatic heterocycles. The lowest BCUT2D eigenvalue weighted by Gasteiger charge is -2.29. The van der Waals surface area contributed by atoms with E-state index >= 15 is 0 Å². The SMILES string of the molecule is O=C(/C=C/c1ccccc1)N1CCCC(O)C1. The van der Waals surface area contributed by atoms with Crippen LogP contribution in [-0.4, -0.2) is 35.1 Å². The highest BCUT2D eigenvalue weighted by Gasteiger charge is 2.20. The summed E-state index contributed by atoms with van der Waals surface area (Å²) in [5.41, 5.74) is 1.01. The molecule has 1 amide bonds. The predicted octanol–water partition coefficient (Wildman–Crippen LogP) is 1.68. The molecule has 1 saturated heterocycles. The van der Waals surface area contributed by atoms with Crippen LogP contribution in [0.1, 0.15) is 18.4 Å². The van der Waals surface area contributed by atoms with Crippen molar-refractivity contribution in [1.29, 1.82) is 0 Å². The minimum atomic E-state index is -0.363. The van der Waals surface area contributed by atoms with E-state index in [1.807, 2.05) is 36.4 Å². The normalized spacial score (nSPS) is 20.8. The van der Waals surface area contributed by atoms with E-state index in [0.29, 0.717) is 6.54 Å². The Hall–Kier alpha value is -1.61. The maximum absolute atomic E-state index is 11.8. The Labute approximate surface area is 101 Å². The Balaban J connectivity index is 1.94. The molecule has 1 aliphatic heterocycles. The second-order valence-corrected chi connectivity index (χ2v) is 4.32. The summed E-state index contributed by atoms with van der Waals surface area (Å²) >= 11 is 0. The highest BCUT2D eigenvalue weighted by molar-refractivity contribution is 5.91. The summed E-state index contributed by atoms with van der Waals surface area (Å²) in [5.74, 6) is -0.0207. The van der Waals surface area contributed by atoms with Crippen molar-refractivity contribution in [2.45, 2.75) is 18.9 Å². The molecule has 0 radical (unpaired) electrons.